The highest BCUT2D eigenvalue weighted by molar-refractivity contribution is 9.10. The number of carboxylic acid groups (broad SMARTS) is 1. The van der Waals surface area contributed by atoms with Gasteiger partial charge in [0, 0.05) is 5.56 Å². The van der Waals surface area contributed by atoms with Crippen LogP contribution in [0.4, 0.5) is 0 Å². The smallest absolute Gasteiger partial charge is 0.352 e. The lowest BCUT2D eigenvalue weighted by atomic mass is 10.1. The van der Waals surface area contributed by atoms with Gasteiger partial charge in [-0.05, 0) is 39.7 Å². The Hall–Kier alpha value is -2.06. The second-order valence-electron chi connectivity index (χ2n) is 3.40. The molecule has 0 saturated carbocycles. The van der Waals surface area contributed by atoms with Crippen molar-refractivity contribution in [1.82, 2.24) is 4.98 Å². The van der Waals surface area contributed by atoms with Crippen LogP contribution in [-0.2, 0) is 0 Å². The number of hydrogen-bond acceptors (Lipinski definition) is 2. The van der Waals surface area contributed by atoms with E-state index in [1.807, 2.05) is 6.07 Å². The molecule has 0 bridgehead atoms. The number of nitrogens with zero attached hydrogens (tertiary/aromatic N) is 1. The van der Waals surface area contributed by atoms with Crippen molar-refractivity contribution in [3.63, 3.8) is 0 Å². The van der Waals surface area contributed by atoms with Crippen LogP contribution in [0.3, 0.4) is 0 Å². The number of nitrogens with one attached hydrogen (secondary N) is 1. The van der Waals surface area contributed by atoms with Gasteiger partial charge in [0.15, 0.2) is 0 Å². The summed E-state index contributed by atoms with van der Waals surface area (Å²) in [6.45, 7) is 0. The Bertz CT molecular complexity index is 608. The molecule has 0 radical (unpaired) electrons. The fourth-order valence-corrected chi connectivity index (χ4v) is 2.04. The third-order valence-corrected chi connectivity index (χ3v) is 2.95. The zero-order valence-corrected chi connectivity index (χ0v) is 10.2. The minimum absolute atomic E-state index is 0.122. The molecule has 5 heteroatoms. The van der Waals surface area contributed by atoms with E-state index in [4.69, 9.17) is 10.4 Å². The Morgan fingerprint density at radius 3 is 2.47 bits per heavy atom. The van der Waals surface area contributed by atoms with Gasteiger partial charge in [-0.25, -0.2) is 4.79 Å². The molecule has 2 aromatic rings. The van der Waals surface area contributed by atoms with Gasteiger partial charge in [-0.3, -0.25) is 0 Å². The highest BCUT2D eigenvalue weighted by Gasteiger charge is 2.12. The number of rotatable bonds is 2. The minimum Gasteiger partial charge on any atom is -0.477 e. The molecule has 0 saturated heterocycles. The van der Waals surface area contributed by atoms with Gasteiger partial charge in [-0.15, -0.1) is 0 Å². The van der Waals surface area contributed by atoms with Crippen LogP contribution in [0.5, 0.6) is 0 Å². The van der Waals surface area contributed by atoms with Gasteiger partial charge >= 0.3 is 5.97 Å². The summed E-state index contributed by atoms with van der Waals surface area (Å²) in [5.41, 5.74) is 2.29. The first-order valence-corrected chi connectivity index (χ1v) is 5.53. The van der Waals surface area contributed by atoms with Gasteiger partial charge in [0.2, 0.25) is 0 Å². The number of halogens is 1. The van der Waals surface area contributed by atoms with Crippen molar-refractivity contribution in [2.75, 3.05) is 0 Å². The zero-order valence-electron chi connectivity index (χ0n) is 8.57. The first-order chi connectivity index (χ1) is 8.11. The molecule has 0 atom stereocenters. The fourth-order valence-electron chi connectivity index (χ4n) is 1.48. The summed E-state index contributed by atoms with van der Waals surface area (Å²) in [5, 5.41) is 17.5. The average Bonchev–Trinajstić information content (AvgIpc) is 2.72. The van der Waals surface area contributed by atoms with E-state index in [2.05, 4.69) is 20.9 Å². The highest BCUT2D eigenvalue weighted by Crippen LogP contribution is 2.29. The maximum absolute atomic E-state index is 10.8. The largest absolute Gasteiger partial charge is 0.477 e. The molecule has 0 spiro atoms. The Morgan fingerprint density at radius 2 is 2.00 bits per heavy atom. The van der Waals surface area contributed by atoms with Gasteiger partial charge in [0.25, 0.3) is 0 Å². The summed E-state index contributed by atoms with van der Waals surface area (Å²) >= 11 is 3.27. The van der Waals surface area contributed by atoms with Gasteiger partial charge in [0.05, 0.1) is 16.2 Å². The first kappa shape index (κ1) is 11.4. The van der Waals surface area contributed by atoms with Crippen LogP contribution < -0.4 is 0 Å². The molecule has 1 heterocycles. The molecule has 1 aromatic heterocycles. The highest BCUT2D eigenvalue weighted by atomic mass is 79.9. The molecule has 0 aliphatic rings. The fraction of sp³-hybridized carbons (Fsp3) is 0. The minimum atomic E-state index is -1.01. The van der Waals surface area contributed by atoms with Crippen LogP contribution in [0.1, 0.15) is 16.1 Å². The van der Waals surface area contributed by atoms with Crippen LogP contribution in [0.2, 0.25) is 0 Å². The quantitative estimate of drug-likeness (QED) is 0.892. The molecule has 0 aliphatic heterocycles. The second kappa shape index (κ2) is 4.44. The van der Waals surface area contributed by atoms with E-state index in [1.165, 1.54) is 0 Å². The second-order valence-corrected chi connectivity index (χ2v) is 4.20. The Morgan fingerprint density at radius 1 is 1.35 bits per heavy atom. The van der Waals surface area contributed by atoms with Gasteiger partial charge < -0.3 is 10.1 Å². The van der Waals surface area contributed by atoms with E-state index in [1.54, 1.807) is 30.3 Å². The molecule has 1 aromatic carbocycles. The van der Waals surface area contributed by atoms with Gasteiger partial charge in [-0.1, -0.05) is 12.1 Å². The number of aromatic carboxylic acids is 1. The van der Waals surface area contributed by atoms with Crippen LogP contribution in [0.15, 0.2) is 34.9 Å². The summed E-state index contributed by atoms with van der Waals surface area (Å²) in [7, 11) is 0. The van der Waals surface area contributed by atoms with E-state index in [-0.39, 0.29) is 5.69 Å². The number of carboxylic acids is 1. The number of carbonyl (C=O) groups is 1. The molecule has 4 nitrogen and oxygen atoms in total. The molecule has 2 N–H and O–H groups in total. The summed E-state index contributed by atoms with van der Waals surface area (Å²) in [5.74, 6) is -1.01. The van der Waals surface area contributed by atoms with Crippen molar-refractivity contribution in [1.29, 1.82) is 5.26 Å². The standard InChI is InChI=1S/C12H7BrN2O2/c13-11-9(5-10(15-11)12(16)17)8-3-1-7(6-14)2-4-8/h1-5,15H,(H,16,17). The van der Waals surface area contributed by atoms with Crippen LogP contribution in [0.25, 0.3) is 11.1 Å². The number of nitriles is 1. The molecule has 17 heavy (non-hydrogen) atoms. The van der Waals surface area contributed by atoms with Crippen molar-refractivity contribution < 1.29 is 9.90 Å². The number of aromatic amines is 1. The zero-order chi connectivity index (χ0) is 12.4. The molecule has 0 fully saturated rings. The van der Waals surface area contributed by atoms with Crippen molar-refractivity contribution in [3.8, 4) is 17.2 Å². The molecule has 0 amide bonds. The average molecular weight is 291 g/mol. The number of H-pyrrole nitrogens is 1. The van der Waals surface area contributed by atoms with Crippen molar-refractivity contribution in [2.24, 2.45) is 0 Å². The van der Waals surface area contributed by atoms with E-state index >= 15 is 0 Å². The van der Waals surface area contributed by atoms with E-state index in [9.17, 15) is 4.79 Å². The third-order valence-electron chi connectivity index (χ3n) is 2.32. The lowest BCUT2D eigenvalue weighted by molar-refractivity contribution is 0.0691. The summed E-state index contributed by atoms with van der Waals surface area (Å²) in [6, 6.07) is 10.5. The number of hydrogen-bond donors (Lipinski definition) is 2. The topological polar surface area (TPSA) is 76.9 Å². The lowest BCUT2D eigenvalue weighted by Crippen LogP contribution is -1.94. The molecule has 2 rings (SSSR count). The number of aromatic nitrogens is 1. The van der Waals surface area contributed by atoms with E-state index in [0.29, 0.717) is 10.2 Å². The maximum atomic E-state index is 10.8. The Balaban J connectivity index is 2.46. The Labute approximate surface area is 106 Å². The van der Waals surface area contributed by atoms with Crippen molar-refractivity contribution >= 4 is 21.9 Å². The maximum Gasteiger partial charge on any atom is 0.352 e. The number of benzene rings is 1. The van der Waals surface area contributed by atoms with E-state index in [0.717, 1.165) is 11.1 Å². The van der Waals surface area contributed by atoms with Crippen molar-refractivity contribution in [2.45, 2.75) is 0 Å². The van der Waals surface area contributed by atoms with Gasteiger partial charge in [0.1, 0.15) is 5.69 Å². The summed E-state index contributed by atoms with van der Waals surface area (Å²) in [4.78, 5) is 13.5. The molecule has 0 aliphatic carbocycles. The summed E-state index contributed by atoms with van der Waals surface area (Å²) in [6.07, 6.45) is 0. The first-order valence-electron chi connectivity index (χ1n) is 4.74. The van der Waals surface area contributed by atoms with Crippen LogP contribution in [0, 0.1) is 11.3 Å². The lowest BCUT2D eigenvalue weighted by Gasteiger charge is -1.98. The van der Waals surface area contributed by atoms with Crippen LogP contribution in [-0.4, -0.2) is 16.1 Å². The monoisotopic (exact) mass is 290 g/mol. The third kappa shape index (κ3) is 2.22. The molecular formula is C12H7BrN2O2. The summed E-state index contributed by atoms with van der Waals surface area (Å²) < 4.78 is 0.611. The van der Waals surface area contributed by atoms with Crippen LogP contribution >= 0.6 is 15.9 Å². The SMILES string of the molecule is N#Cc1ccc(-c2cc(C(=O)O)[nH]c2Br)cc1. The predicted octanol–water partition coefficient (Wildman–Crippen LogP) is 3.01. The molecular weight excluding hydrogens is 284 g/mol. The normalized spacial score (nSPS) is 9.88. The molecule has 84 valence electrons. The van der Waals surface area contributed by atoms with Crippen molar-refractivity contribution in [3.05, 3.63) is 46.2 Å². The van der Waals surface area contributed by atoms with Gasteiger partial charge in [-0.2, -0.15) is 5.26 Å². The molecule has 0 unspecified atom stereocenters. The van der Waals surface area contributed by atoms with E-state index < -0.39 is 5.97 Å². The Kier molecular flexibility index (Phi) is 2.98. The predicted molar refractivity (Wildman–Crippen MR) is 65.6 cm³/mol.